The van der Waals surface area contributed by atoms with E-state index in [4.69, 9.17) is 0 Å². The van der Waals surface area contributed by atoms with Gasteiger partial charge < -0.3 is 10.6 Å². The number of urea groups is 1. The molecule has 3 atom stereocenters. The molecule has 4 fully saturated rings. The number of benzene rings is 2. The predicted molar refractivity (Wildman–Crippen MR) is 170 cm³/mol. The van der Waals surface area contributed by atoms with E-state index in [2.05, 4.69) is 15.5 Å². The smallest absolute Gasteiger partial charge is 0.325 e. The lowest BCUT2D eigenvalue weighted by Crippen LogP contribution is -2.59. The normalized spacial score (nSPS) is 26.9. The molecule has 1 spiro atoms. The van der Waals surface area contributed by atoms with Crippen molar-refractivity contribution in [1.29, 1.82) is 0 Å². The summed E-state index contributed by atoms with van der Waals surface area (Å²) >= 11 is 0. The summed E-state index contributed by atoms with van der Waals surface area (Å²) in [4.78, 5) is 43.8. The number of imide groups is 1. The van der Waals surface area contributed by atoms with E-state index >= 15 is 0 Å². The van der Waals surface area contributed by atoms with Gasteiger partial charge in [-0.3, -0.25) is 19.4 Å². The lowest BCUT2D eigenvalue weighted by molar-refractivity contribution is -0.134. The molecular formula is C33H41ClF2N4O5S. The Morgan fingerprint density at radius 1 is 0.978 bits per heavy atom. The van der Waals surface area contributed by atoms with Crippen LogP contribution in [0.2, 0.25) is 0 Å². The number of rotatable bonds is 9. The second-order valence-electron chi connectivity index (χ2n) is 13.2. The second-order valence-corrected chi connectivity index (χ2v) is 15.3. The quantitative estimate of drug-likeness (QED) is 0.361. The first-order valence-corrected chi connectivity index (χ1v) is 17.6. The van der Waals surface area contributed by atoms with Crippen LogP contribution in [0.1, 0.15) is 75.0 Å². The van der Waals surface area contributed by atoms with Crippen molar-refractivity contribution in [2.24, 2.45) is 5.92 Å². The number of nitrogens with zero attached hydrogens (tertiary/aromatic N) is 2. The highest BCUT2D eigenvalue weighted by atomic mass is 35.5. The first-order chi connectivity index (χ1) is 21.3. The third kappa shape index (κ3) is 7.08. The van der Waals surface area contributed by atoms with Crippen LogP contribution in [0.15, 0.2) is 59.5 Å². The number of amides is 4. The number of fused-ring (bicyclic) bond motifs is 2. The zero-order chi connectivity index (χ0) is 32.0. The van der Waals surface area contributed by atoms with Crippen LogP contribution in [0.4, 0.5) is 13.6 Å². The number of halogens is 3. The highest BCUT2D eigenvalue weighted by molar-refractivity contribution is 7.90. The van der Waals surface area contributed by atoms with Gasteiger partial charge in [-0.05, 0) is 68.2 Å². The first-order valence-electron chi connectivity index (χ1n) is 15.8. The Morgan fingerprint density at radius 2 is 1.59 bits per heavy atom. The van der Waals surface area contributed by atoms with Gasteiger partial charge in [0.2, 0.25) is 11.8 Å². The van der Waals surface area contributed by atoms with Crippen molar-refractivity contribution in [2.45, 2.75) is 98.8 Å². The summed E-state index contributed by atoms with van der Waals surface area (Å²) in [5, 5.41) is 6.17. The average Bonchev–Trinajstić information content (AvgIpc) is 3.37. The van der Waals surface area contributed by atoms with Crippen LogP contribution in [0, 0.1) is 5.92 Å². The molecule has 6 rings (SSSR count). The SMILES string of the molecule is CS(=O)(=O)c1ccc(CN2C(=O)NC3(CC4CCC(C3)N4CC[C@H](NC(=O)C3CCC(F)(F)CC3)c3ccccc3)C2=O)cc1.Cl. The Balaban J connectivity index is 0.00000417. The monoisotopic (exact) mass is 678 g/mol. The number of carbonyl (C=O) groups is 3. The minimum Gasteiger partial charge on any atom is -0.349 e. The molecule has 9 nitrogen and oxygen atoms in total. The molecule has 4 amide bonds. The van der Waals surface area contributed by atoms with Crippen molar-refractivity contribution in [2.75, 3.05) is 12.8 Å². The standard InChI is InChI=1S/C33H40F2N4O5S.ClH/c1-45(43,44)27-11-7-22(8-12-27)21-39-30(41)32(37-31(39)42)19-25-9-10-26(20-32)38(25)18-15-28(23-5-3-2-4-6-23)36-29(40)24-13-16-33(34,35)17-14-24;/h2-8,11-12,24-26,28H,9-10,13-21H2,1H3,(H,36,40)(H,37,42);1H/t25?,26?,28-,32?;/m0./s1. The molecule has 250 valence electrons. The lowest BCUT2D eigenvalue weighted by Gasteiger charge is -2.43. The molecule has 1 saturated carbocycles. The van der Waals surface area contributed by atoms with Crippen LogP contribution in [0.25, 0.3) is 0 Å². The zero-order valence-corrected chi connectivity index (χ0v) is 27.4. The van der Waals surface area contributed by atoms with Crippen molar-refractivity contribution < 1.29 is 31.6 Å². The van der Waals surface area contributed by atoms with Crippen molar-refractivity contribution >= 4 is 40.1 Å². The molecule has 1 aliphatic carbocycles. The number of carbonyl (C=O) groups excluding carboxylic acids is 3. The molecular weight excluding hydrogens is 638 g/mol. The number of hydrogen-bond acceptors (Lipinski definition) is 6. The Hall–Kier alpha value is -3.09. The van der Waals surface area contributed by atoms with Crippen molar-refractivity contribution in [3.8, 4) is 0 Å². The van der Waals surface area contributed by atoms with Gasteiger partial charge in [-0.2, -0.15) is 0 Å². The van der Waals surface area contributed by atoms with Crippen LogP contribution < -0.4 is 10.6 Å². The molecule has 2 N–H and O–H groups in total. The highest BCUT2D eigenvalue weighted by Gasteiger charge is 2.58. The van der Waals surface area contributed by atoms with Crippen LogP contribution in [-0.4, -0.2) is 72.4 Å². The number of sulfone groups is 1. The Labute approximate surface area is 274 Å². The maximum Gasteiger partial charge on any atom is 0.325 e. The molecule has 3 aliphatic heterocycles. The number of piperidine rings is 1. The van der Waals surface area contributed by atoms with Gasteiger partial charge in [0.25, 0.3) is 5.91 Å². The maximum absolute atomic E-state index is 13.7. The third-order valence-electron chi connectivity index (χ3n) is 10.2. The van der Waals surface area contributed by atoms with E-state index in [-0.39, 0.29) is 79.5 Å². The summed E-state index contributed by atoms with van der Waals surface area (Å²) in [6.45, 7) is 0.749. The fourth-order valence-corrected chi connectivity index (χ4v) is 8.34. The van der Waals surface area contributed by atoms with Crippen LogP contribution >= 0.6 is 12.4 Å². The molecule has 46 heavy (non-hydrogen) atoms. The van der Waals surface area contributed by atoms with Crippen molar-refractivity contribution in [1.82, 2.24) is 20.4 Å². The fourth-order valence-electron chi connectivity index (χ4n) is 7.70. The summed E-state index contributed by atoms with van der Waals surface area (Å²) in [6, 6.07) is 15.4. The van der Waals surface area contributed by atoms with E-state index in [0.29, 0.717) is 31.4 Å². The van der Waals surface area contributed by atoms with E-state index in [9.17, 15) is 31.6 Å². The predicted octanol–water partition coefficient (Wildman–Crippen LogP) is 5.00. The number of alkyl halides is 2. The van der Waals surface area contributed by atoms with Gasteiger partial charge in [0.05, 0.1) is 17.5 Å². The summed E-state index contributed by atoms with van der Waals surface area (Å²) in [5.41, 5.74) is 0.660. The minimum atomic E-state index is -3.35. The van der Waals surface area contributed by atoms with Crippen molar-refractivity contribution in [3.63, 3.8) is 0 Å². The fraction of sp³-hybridized carbons (Fsp3) is 0.545. The van der Waals surface area contributed by atoms with Gasteiger partial charge >= 0.3 is 6.03 Å². The zero-order valence-electron chi connectivity index (χ0n) is 25.8. The van der Waals surface area contributed by atoms with Gasteiger partial charge in [0.1, 0.15) is 5.54 Å². The summed E-state index contributed by atoms with van der Waals surface area (Å²) in [5.74, 6) is -3.53. The molecule has 2 bridgehead atoms. The molecule has 0 aromatic heterocycles. The van der Waals surface area contributed by atoms with Gasteiger partial charge in [0.15, 0.2) is 9.84 Å². The molecule has 2 unspecified atom stereocenters. The molecule has 3 saturated heterocycles. The molecule has 4 aliphatic rings. The summed E-state index contributed by atoms with van der Waals surface area (Å²) in [6.07, 6.45) is 4.40. The molecule has 2 aromatic carbocycles. The highest BCUT2D eigenvalue weighted by Crippen LogP contribution is 2.44. The van der Waals surface area contributed by atoms with Crippen LogP contribution in [-0.2, 0) is 26.0 Å². The molecule has 13 heteroatoms. The Kier molecular flexibility index (Phi) is 9.82. The van der Waals surface area contributed by atoms with Gasteiger partial charge in [-0.15, -0.1) is 12.4 Å². The molecule has 0 radical (unpaired) electrons. The van der Waals surface area contributed by atoms with Crippen LogP contribution in [0.3, 0.4) is 0 Å². The summed E-state index contributed by atoms with van der Waals surface area (Å²) < 4.78 is 51.0. The number of hydrogen-bond donors (Lipinski definition) is 2. The first kappa shape index (κ1) is 34.3. The lowest BCUT2D eigenvalue weighted by atomic mass is 9.82. The van der Waals surface area contributed by atoms with Crippen molar-refractivity contribution in [3.05, 3.63) is 65.7 Å². The van der Waals surface area contributed by atoms with Crippen LogP contribution in [0.5, 0.6) is 0 Å². The number of nitrogens with one attached hydrogen (secondary N) is 2. The van der Waals surface area contributed by atoms with Gasteiger partial charge in [-0.1, -0.05) is 42.5 Å². The second kappa shape index (κ2) is 13.2. The minimum absolute atomic E-state index is 0. The summed E-state index contributed by atoms with van der Waals surface area (Å²) in [7, 11) is -3.35. The average molecular weight is 679 g/mol. The maximum atomic E-state index is 13.7. The largest absolute Gasteiger partial charge is 0.349 e. The third-order valence-corrected chi connectivity index (χ3v) is 11.3. The topological polar surface area (TPSA) is 116 Å². The van der Waals surface area contributed by atoms with E-state index < -0.39 is 33.2 Å². The van der Waals surface area contributed by atoms with E-state index in [1.54, 1.807) is 12.1 Å². The molecule has 3 heterocycles. The Bertz CT molecular complexity index is 1540. The van der Waals surface area contributed by atoms with Gasteiger partial charge in [0, 0.05) is 43.6 Å². The van der Waals surface area contributed by atoms with E-state index in [1.807, 2.05) is 30.3 Å². The van der Waals surface area contributed by atoms with E-state index in [0.717, 1.165) is 24.7 Å². The van der Waals surface area contributed by atoms with Gasteiger partial charge in [-0.25, -0.2) is 22.0 Å². The van der Waals surface area contributed by atoms with E-state index in [1.165, 1.54) is 17.0 Å². The molecule has 2 aromatic rings. The Morgan fingerprint density at radius 3 is 2.17 bits per heavy atom.